The van der Waals surface area contributed by atoms with E-state index >= 15 is 0 Å². The molecular weight excluding hydrogens is 224 g/mol. The summed E-state index contributed by atoms with van der Waals surface area (Å²) in [5.41, 5.74) is 7.76. The first kappa shape index (κ1) is 14.7. The first-order valence-electron chi connectivity index (χ1n) is 6.50. The van der Waals surface area contributed by atoms with Crippen LogP contribution in [0.5, 0.6) is 0 Å². The van der Waals surface area contributed by atoms with E-state index in [0.717, 1.165) is 11.3 Å². The van der Waals surface area contributed by atoms with Crippen LogP contribution < -0.4 is 10.6 Å². The van der Waals surface area contributed by atoms with E-state index in [1.165, 1.54) is 0 Å². The van der Waals surface area contributed by atoms with E-state index in [4.69, 9.17) is 5.73 Å². The Morgan fingerprint density at radius 3 is 2.44 bits per heavy atom. The van der Waals surface area contributed by atoms with Crippen molar-refractivity contribution in [3.8, 4) is 0 Å². The molecule has 0 unspecified atom stereocenters. The molecule has 0 radical (unpaired) electrons. The summed E-state index contributed by atoms with van der Waals surface area (Å²) in [6, 6.07) is 7.97. The average Bonchev–Trinajstić information content (AvgIpc) is 2.29. The lowest BCUT2D eigenvalue weighted by Crippen LogP contribution is -2.36. The zero-order valence-electron chi connectivity index (χ0n) is 11.9. The molecule has 2 N–H and O–H groups in total. The van der Waals surface area contributed by atoms with Crippen LogP contribution in [0.1, 0.15) is 39.2 Å². The Labute approximate surface area is 110 Å². The molecule has 0 heterocycles. The molecule has 18 heavy (non-hydrogen) atoms. The van der Waals surface area contributed by atoms with Gasteiger partial charge >= 0.3 is 0 Å². The van der Waals surface area contributed by atoms with E-state index in [9.17, 15) is 4.79 Å². The summed E-state index contributed by atoms with van der Waals surface area (Å²) in [6.45, 7) is 8.61. The van der Waals surface area contributed by atoms with Gasteiger partial charge in [0.15, 0.2) is 0 Å². The molecule has 0 aliphatic heterocycles. The van der Waals surface area contributed by atoms with E-state index in [2.05, 4.69) is 0 Å². The molecule has 0 aliphatic rings. The van der Waals surface area contributed by atoms with Gasteiger partial charge in [-0.25, -0.2) is 0 Å². The minimum atomic E-state index is -0.291. The zero-order chi connectivity index (χ0) is 13.8. The molecule has 0 saturated heterocycles. The van der Waals surface area contributed by atoms with Crippen molar-refractivity contribution < 1.29 is 4.79 Å². The van der Waals surface area contributed by atoms with Crippen LogP contribution in [-0.4, -0.2) is 18.0 Å². The number of rotatable bonds is 5. The number of carbonyl (C=O) groups is 1. The third-order valence-corrected chi connectivity index (χ3v) is 3.01. The third kappa shape index (κ3) is 4.15. The van der Waals surface area contributed by atoms with Crippen molar-refractivity contribution in [1.82, 2.24) is 0 Å². The van der Waals surface area contributed by atoms with Gasteiger partial charge < -0.3 is 10.6 Å². The van der Waals surface area contributed by atoms with Crippen LogP contribution in [0.2, 0.25) is 0 Å². The average molecular weight is 248 g/mol. The number of hydrogen-bond acceptors (Lipinski definition) is 2. The van der Waals surface area contributed by atoms with Gasteiger partial charge in [-0.15, -0.1) is 0 Å². The number of nitrogens with zero attached hydrogens (tertiary/aromatic N) is 1. The molecule has 0 saturated carbocycles. The summed E-state index contributed by atoms with van der Waals surface area (Å²) in [4.78, 5) is 14.1. The number of hydrogen-bond donors (Lipinski definition) is 1. The lowest BCUT2D eigenvalue weighted by molar-refractivity contribution is -0.118. The molecule has 3 nitrogen and oxygen atoms in total. The second kappa shape index (κ2) is 6.01. The normalized spacial score (nSPS) is 11.4. The van der Waals surface area contributed by atoms with Crippen LogP contribution in [0.3, 0.4) is 0 Å². The van der Waals surface area contributed by atoms with Crippen LogP contribution in [0.4, 0.5) is 5.69 Å². The molecular formula is C15H24N2O. The van der Waals surface area contributed by atoms with Crippen LogP contribution in [-0.2, 0) is 4.79 Å². The maximum absolute atomic E-state index is 12.2. The van der Waals surface area contributed by atoms with Gasteiger partial charge in [0, 0.05) is 24.2 Å². The smallest absolute Gasteiger partial charge is 0.227 e. The predicted octanol–water partition coefficient (Wildman–Crippen LogP) is 2.87. The van der Waals surface area contributed by atoms with Crippen LogP contribution >= 0.6 is 0 Å². The highest BCUT2D eigenvalue weighted by Gasteiger charge is 2.19. The Balaban J connectivity index is 2.78. The van der Waals surface area contributed by atoms with Crippen LogP contribution in [0.15, 0.2) is 24.3 Å². The Hall–Kier alpha value is -1.35. The number of aryl methyl sites for hydroxylation is 1. The van der Waals surface area contributed by atoms with Gasteiger partial charge in [-0.05, 0) is 45.7 Å². The van der Waals surface area contributed by atoms with Crippen molar-refractivity contribution in [2.75, 3.05) is 11.4 Å². The van der Waals surface area contributed by atoms with E-state index in [1.54, 1.807) is 0 Å². The number of carbonyl (C=O) groups excluding carboxylic acids is 1. The maximum Gasteiger partial charge on any atom is 0.227 e. The van der Waals surface area contributed by atoms with Gasteiger partial charge in [-0.3, -0.25) is 4.79 Å². The summed E-state index contributed by atoms with van der Waals surface area (Å²) in [6.07, 6.45) is 1.19. The van der Waals surface area contributed by atoms with Gasteiger partial charge in [-0.1, -0.05) is 18.2 Å². The lowest BCUT2D eigenvalue weighted by Gasteiger charge is -2.25. The van der Waals surface area contributed by atoms with Crippen molar-refractivity contribution in [2.24, 2.45) is 5.73 Å². The fraction of sp³-hybridized carbons (Fsp3) is 0.533. The summed E-state index contributed by atoms with van der Waals surface area (Å²) in [7, 11) is 0. The van der Waals surface area contributed by atoms with E-state index in [-0.39, 0.29) is 11.4 Å². The van der Waals surface area contributed by atoms with Crippen LogP contribution in [0.25, 0.3) is 0 Å². The number of benzene rings is 1. The number of amides is 1. The minimum absolute atomic E-state index is 0.144. The largest absolute Gasteiger partial charge is 0.326 e. The van der Waals surface area contributed by atoms with Crippen molar-refractivity contribution in [3.63, 3.8) is 0 Å². The molecule has 0 spiro atoms. The summed E-state index contributed by atoms with van der Waals surface area (Å²) in [5.74, 6) is 0.144. The molecule has 0 atom stereocenters. The topological polar surface area (TPSA) is 46.3 Å². The summed E-state index contributed by atoms with van der Waals surface area (Å²) in [5, 5.41) is 0. The molecule has 0 fully saturated rings. The third-order valence-electron chi connectivity index (χ3n) is 3.01. The molecule has 1 amide bonds. The van der Waals surface area contributed by atoms with Gasteiger partial charge in [0.25, 0.3) is 0 Å². The highest BCUT2D eigenvalue weighted by Crippen LogP contribution is 2.21. The lowest BCUT2D eigenvalue weighted by atomic mass is 9.99. The Bertz CT molecular complexity index is 407. The predicted molar refractivity (Wildman–Crippen MR) is 76.7 cm³/mol. The number of nitrogens with two attached hydrogens (primary N) is 1. The van der Waals surface area contributed by atoms with Crippen molar-refractivity contribution in [2.45, 2.75) is 46.1 Å². The molecule has 0 aliphatic carbocycles. The minimum Gasteiger partial charge on any atom is -0.326 e. The monoisotopic (exact) mass is 248 g/mol. The van der Waals surface area contributed by atoms with Gasteiger partial charge in [0.1, 0.15) is 0 Å². The van der Waals surface area contributed by atoms with Gasteiger partial charge in [0.2, 0.25) is 5.91 Å². The number of para-hydroxylation sites is 1. The quantitative estimate of drug-likeness (QED) is 0.871. The van der Waals surface area contributed by atoms with Gasteiger partial charge in [-0.2, -0.15) is 0 Å². The van der Waals surface area contributed by atoms with E-state index in [0.29, 0.717) is 19.4 Å². The molecule has 100 valence electrons. The SMILES string of the molecule is CCN(C(=O)CCC(C)(C)N)c1ccccc1C. The molecule has 3 heteroatoms. The van der Waals surface area contributed by atoms with Crippen molar-refractivity contribution >= 4 is 11.6 Å². The first-order valence-corrected chi connectivity index (χ1v) is 6.50. The zero-order valence-corrected chi connectivity index (χ0v) is 11.9. The molecule has 0 bridgehead atoms. The summed E-state index contributed by atoms with van der Waals surface area (Å²) >= 11 is 0. The fourth-order valence-corrected chi connectivity index (χ4v) is 1.91. The molecule has 1 aromatic rings. The standard InChI is InChI=1S/C15H24N2O/c1-5-17(13-9-7-6-8-12(13)2)14(18)10-11-15(3,4)16/h6-9H,5,10-11,16H2,1-4H3. The molecule has 1 aromatic carbocycles. The molecule has 1 rings (SSSR count). The maximum atomic E-state index is 12.2. The van der Waals surface area contributed by atoms with E-state index < -0.39 is 0 Å². The number of anilines is 1. The Morgan fingerprint density at radius 1 is 1.33 bits per heavy atom. The molecule has 0 aromatic heterocycles. The first-order chi connectivity index (χ1) is 8.35. The van der Waals surface area contributed by atoms with Crippen LogP contribution in [0, 0.1) is 6.92 Å². The second-order valence-electron chi connectivity index (χ2n) is 5.41. The van der Waals surface area contributed by atoms with E-state index in [1.807, 2.05) is 56.9 Å². The highest BCUT2D eigenvalue weighted by molar-refractivity contribution is 5.94. The Morgan fingerprint density at radius 2 is 1.94 bits per heavy atom. The van der Waals surface area contributed by atoms with Gasteiger partial charge in [0.05, 0.1) is 0 Å². The Kier molecular flexibility index (Phi) is 4.91. The fourth-order valence-electron chi connectivity index (χ4n) is 1.91. The highest BCUT2D eigenvalue weighted by atomic mass is 16.2. The van der Waals surface area contributed by atoms with Crippen molar-refractivity contribution in [3.05, 3.63) is 29.8 Å². The van der Waals surface area contributed by atoms with Crippen molar-refractivity contribution in [1.29, 1.82) is 0 Å². The second-order valence-corrected chi connectivity index (χ2v) is 5.41. The summed E-state index contributed by atoms with van der Waals surface area (Å²) < 4.78 is 0.